The highest BCUT2D eigenvalue weighted by atomic mass is 79.9. The average molecular weight is 323 g/mol. The van der Waals surface area contributed by atoms with Gasteiger partial charge < -0.3 is 11.1 Å². The Morgan fingerprint density at radius 2 is 2.32 bits per heavy atom. The standard InChI is InChI=1S/C13H15BrN4O/c1-9-2-3-12(14)11(6-9)13(19)16-4-5-18-8-10(15)7-17-18/h2-3,6-8H,4-5,15H2,1H3,(H,16,19). The SMILES string of the molecule is Cc1ccc(Br)c(C(=O)NCCn2cc(N)cn2)c1. The molecular weight excluding hydrogens is 308 g/mol. The van der Waals surface area contributed by atoms with Crippen molar-refractivity contribution in [2.24, 2.45) is 0 Å². The highest BCUT2D eigenvalue weighted by Gasteiger charge is 2.09. The van der Waals surface area contributed by atoms with Crippen LogP contribution in [0.2, 0.25) is 0 Å². The third kappa shape index (κ3) is 3.57. The number of hydrogen-bond donors (Lipinski definition) is 2. The maximum Gasteiger partial charge on any atom is 0.252 e. The molecule has 1 amide bonds. The zero-order valence-electron chi connectivity index (χ0n) is 10.6. The van der Waals surface area contributed by atoms with Gasteiger partial charge in [-0.15, -0.1) is 0 Å². The summed E-state index contributed by atoms with van der Waals surface area (Å²) in [6.07, 6.45) is 3.31. The van der Waals surface area contributed by atoms with Crippen molar-refractivity contribution in [1.82, 2.24) is 15.1 Å². The minimum absolute atomic E-state index is 0.101. The van der Waals surface area contributed by atoms with Gasteiger partial charge in [-0.25, -0.2) is 0 Å². The Hall–Kier alpha value is -1.82. The van der Waals surface area contributed by atoms with Crippen LogP contribution in [-0.2, 0) is 6.54 Å². The van der Waals surface area contributed by atoms with Crippen molar-refractivity contribution in [3.8, 4) is 0 Å². The summed E-state index contributed by atoms with van der Waals surface area (Å²) in [5, 5.41) is 6.90. The second-order valence-electron chi connectivity index (χ2n) is 4.28. The van der Waals surface area contributed by atoms with E-state index in [4.69, 9.17) is 5.73 Å². The Morgan fingerprint density at radius 1 is 1.53 bits per heavy atom. The molecule has 0 unspecified atom stereocenters. The number of nitrogen functional groups attached to an aromatic ring is 1. The molecule has 2 aromatic rings. The zero-order chi connectivity index (χ0) is 13.8. The van der Waals surface area contributed by atoms with Crippen LogP contribution in [0.4, 0.5) is 5.69 Å². The summed E-state index contributed by atoms with van der Waals surface area (Å²) in [6, 6.07) is 5.68. The van der Waals surface area contributed by atoms with Gasteiger partial charge >= 0.3 is 0 Å². The highest BCUT2D eigenvalue weighted by molar-refractivity contribution is 9.10. The van der Waals surface area contributed by atoms with Crippen molar-refractivity contribution in [2.75, 3.05) is 12.3 Å². The van der Waals surface area contributed by atoms with Gasteiger partial charge in [0.15, 0.2) is 0 Å². The molecule has 0 aliphatic carbocycles. The summed E-state index contributed by atoms with van der Waals surface area (Å²) in [5.41, 5.74) is 7.87. The Bertz CT molecular complexity index is 594. The molecule has 0 fully saturated rings. The van der Waals surface area contributed by atoms with E-state index in [-0.39, 0.29) is 5.91 Å². The van der Waals surface area contributed by atoms with Crippen LogP contribution in [0.15, 0.2) is 35.1 Å². The number of rotatable bonds is 4. The number of aromatic nitrogens is 2. The minimum Gasteiger partial charge on any atom is -0.396 e. The fourth-order valence-electron chi connectivity index (χ4n) is 1.69. The molecule has 0 atom stereocenters. The Morgan fingerprint density at radius 3 is 3.00 bits per heavy atom. The van der Waals surface area contributed by atoms with Crippen molar-refractivity contribution in [3.05, 3.63) is 46.2 Å². The van der Waals surface area contributed by atoms with Gasteiger partial charge in [-0.3, -0.25) is 9.48 Å². The second kappa shape index (κ2) is 5.88. The van der Waals surface area contributed by atoms with Crippen LogP contribution in [0, 0.1) is 6.92 Å². The summed E-state index contributed by atoms with van der Waals surface area (Å²) >= 11 is 3.38. The van der Waals surface area contributed by atoms with E-state index in [2.05, 4.69) is 26.3 Å². The first kappa shape index (κ1) is 13.6. The first-order valence-corrected chi connectivity index (χ1v) is 6.68. The number of benzene rings is 1. The highest BCUT2D eigenvalue weighted by Crippen LogP contribution is 2.17. The summed E-state index contributed by atoms with van der Waals surface area (Å²) in [5.74, 6) is -0.101. The Kier molecular flexibility index (Phi) is 4.21. The van der Waals surface area contributed by atoms with Crippen molar-refractivity contribution in [3.63, 3.8) is 0 Å². The number of halogens is 1. The molecule has 0 aliphatic rings. The van der Waals surface area contributed by atoms with Gasteiger partial charge in [-0.05, 0) is 35.0 Å². The Balaban J connectivity index is 1.92. The van der Waals surface area contributed by atoms with E-state index in [1.54, 1.807) is 17.1 Å². The van der Waals surface area contributed by atoms with Gasteiger partial charge in [0, 0.05) is 17.2 Å². The van der Waals surface area contributed by atoms with Crippen LogP contribution in [0.5, 0.6) is 0 Å². The van der Waals surface area contributed by atoms with Crippen LogP contribution in [-0.4, -0.2) is 22.2 Å². The topological polar surface area (TPSA) is 72.9 Å². The van der Waals surface area contributed by atoms with Gasteiger partial charge in [0.05, 0.1) is 24.0 Å². The van der Waals surface area contributed by atoms with Crippen LogP contribution in [0.1, 0.15) is 15.9 Å². The van der Waals surface area contributed by atoms with E-state index < -0.39 is 0 Å². The van der Waals surface area contributed by atoms with E-state index in [0.717, 1.165) is 10.0 Å². The van der Waals surface area contributed by atoms with Crippen molar-refractivity contribution in [1.29, 1.82) is 0 Å². The molecule has 0 spiro atoms. The fraction of sp³-hybridized carbons (Fsp3) is 0.231. The molecule has 0 radical (unpaired) electrons. The largest absolute Gasteiger partial charge is 0.396 e. The smallest absolute Gasteiger partial charge is 0.252 e. The first-order valence-electron chi connectivity index (χ1n) is 5.88. The monoisotopic (exact) mass is 322 g/mol. The molecule has 0 aliphatic heterocycles. The number of hydrogen-bond acceptors (Lipinski definition) is 3. The predicted octanol–water partition coefficient (Wildman–Crippen LogP) is 1.97. The molecule has 1 aromatic carbocycles. The lowest BCUT2D eigenvalue weighted by atomic mass is 10.1. The van der Waals surface area contributed by atoms with E-state index in [1.165, 1.54) is 0 Å². The van der Waals surface area contributed by atoms with Crippen LogP contribution >= 0.6 is 15.9 Å². The summed E-state index contributed by atoms with van der Waals surface area (Å²) < 4.78 is 2.49. The molecular formula is C13H15BrN4O. The van der Waals surface area contributed by atoms with E-state index in [1.807, 2.05) is 25.1 Å². The summed E-state index contributed by atoms with van der Waals surface area (Å²) in [6.45, 7) is 3.04. The quantitative estimate of drug-likeness (QED) is 0.903. The third-order valence-electron chi connectivity index (χ3n) is 2.65. The molecule has 0 saturated carbocycles. The van der Waals surface area contributed by atoms with E-state index in [0.29, 0.717) is 24.3 Å². The lowest BCUT2D eigenvalue weighted by Crippen LogP contribution is -2.27. The van der Waals surface area contributed by atoms with E-state index in [9.17, 15) is 4.79 Å². The maximum absolute atomic E-state index is 12.0. The molecule has 0 saturated heterocycles. The zero-order valence-corrected chi connectivity index (χ0v) is 12.1. The van der Waals surface area contributed by atoms with Crippen molar-refractivity contribution in [2.45, 2.75) is 13.5 Å². The lowest BCUT2D eigenvalue weighted by Gasteiger charge is -2.08. The van der Waals surface area contributed by atoms with Crippen molar-refractivity contribution < 1.29 is 4.79 Å². The third-order valence-corrected chi connectivity index (χ3v) is 3.34. The molecule has 5 nitrogen and oxygen atoms in total. The number of nitrogens with zero attached hydrogens (tertiary/aromatic N) is 2. The number of nitrogens with one attached hydrogen (secondary N) is 1. The summed E-state index contributed by atoms with van der Waals surface area (Å²) in [7, 11) is 0. The average Bonchev–Trinajstić information content (AvgIpc) is 2.78. The number of carbonyl (C=O) groups excluding carboxylic acids is 1. The van der Waals surface area contributed by atoms with Gasteiger partial charge in [0.25, 0.3) is 5.91 Å². The minimum atomic E-state index is -0.101. The number of carbonyl (C=O) groups is 1. The van der Waals surface area contributed by atoms with Crippen LogP contribution < -0.4 is 11.1 Å². The number of aryl methyl sites for hydroxylation is 1. The molecule has 3 N–H and O–H groups in total. The van der Waals surface area contributed by atoms with E-state index >= 15 is 0 Å². The predicted molar refractivity (Wildman–Crippen MR) is 77.9 cm³/mol. The molecule has 2 rings (SSSR count). The van der Waals surface area contributed by atoms with Crippen molar-refractivity contribution >= 4 is 27.5 Å². The molecule has 6 heteroatoms. The molecule has 0 bridgehead atoms. The van der Waals surface area contributed by atoms with Gasteiger partial charge in [0.1, 0.15) is 0 Å². The van der Waals surface area contributed by atoms with Gasteiger partial charge in [-0.1, -0.05) is 11.6 Å². The summed E-state index contributed by atoms with van der Waals surface area (Å²) in [4.78, 5) is 12.0. The maximum atomic E-state index is 12.0. The van der Waals surface area contributed by atoms with Gasteiger partial charge in [0.2, 0.25) is 0 Å². The number of nitrogens with two attached hydrogens (primary N) is 1. The second-order valence-corrected chi connectivity index (χ2v) is 5.13. The molecule has 100 valence electrons. The molecule has 1 heterocycles. The molecule has 1 aromatic heterocycles. The Labute approximate surface area is 119 Å². The fourth-order valence-corrected chi connectivity index (χ4v) is 2.12. The normalized spacial score (nSPS) is 10.4. The number of anilines is 1. The lowest BCUT2D eigenvalue weighted by molar-refractivity contribution is 0.0951. The van der Waals surface area contributed by atoms with Crippen LogP contribution in [0.3, 0.4) is 0 Å². The molecule has 19 heavy (non-hydrogen) atoms. The van der Waals surface area contributed by atoms with Gasteiger partial charge in [-0.2, -0.15) is 5.10 Å². The first-order chi connectivity index (χ1) is 9.06. The number of amides is 1. The van der Waals surface area contributed by atoms with Crippen LogP contribution in [0.25, 0.3) is 0 Å².